The van der Waals surface area contributed by atoms with Crippen molar-refractivity contribution in [2.24, 2.45) is 22.7 Å². The van der Waals surface area contributed by atoms with Crippen LogP contribution in [0.25, 0.3) is 0 Å². The van der Waals surface area contributed by atoms with E-state index in [2.05, 4.69) is 27.4 Å². The van der Waals surface area contributed by atoms with Crippen molar-refractivity contribution in [3.8, 4) is 0 Å². The van der Waals surface area contributed by atoms with E-state index >= 15 is 0 Å². The molecule has 142 valence electrons. The number of carbonyl (C=O) groups is 1. The molecule has 3 rings (SSSR count). The van der Waals surface area contributed by atoms with Gasteiger partial charge in [-0.1, -0.05) is 19.4 Å². The van der Waals surface area contributed by atoms with Crippen LogP contribution < -0.4 is 0 Å². The van der Waals surface area contributed by atoms with Gasteiger partial charge in [0.05, 0.1) is 24.7 Å². The van der Waals surface area contributed by atoms with Crippen molar-refractivity contribution in [2.45, 2.75) is 76.9 Å². The third kappa shape index (κ3) is 2.59. The van der Waals surface area contributed by atoms with E-state index in [0.717, 1.165) is 44.9 Å². The number of methoxy groups -OCH3 is 1. The van der Waals surface area contributed by atoms with Crippen LogP contribution in [-0.4, -0.2) is 36.0 Å². The topological polar surface area (TPSA) is 55.8 Å². The standard InChI is InChI=1S/C21H34O4/c1-6-21(14-22)13-9-16-18(2)10-7-11-19(3,17(23)24-5)15(18)8-12-20(16,4)25-21/h6,15-16,22H,1,7-14H2,2-5H3/t15-,16-,18+,19+,20-,21-/m0/s1. The molecular formula is C21H34O4. The Kier molecular flexibility index (Phi) is 4.61. The number of esters is 1. The third-order valence-corrected chi connectivity index (χ3v) is 8.02. The fraction of sp³-hybridized carbons (Fsp3) is 0.857. The number of hydrogen-bond donors (Lipinski definition) is 1. The quantitative estimate of drug-likeness (QED) is 0.620. The summed E-state index contributed by atoms with van der Waals surface area (Å²) >= 11 is 0. The van der Waals surface area contributed by atoms with Gasteiger partial charge in [-0.15, -0.1) is 6.58 Å². The summed E-state index contributed by atoms with van der Waals surface area (Å²) in [5, 5.41) is 9.87. The van der Waals surface area contributed by atoms with Gasteiger partial charge in [0.25, 0.3) is 0 Å². The minimum absolute atomic E-state index is 0.0151. The summed E-state index contributed by atoms with van der Waals surface area (Å²) in [6.07, 6.45) is 8.57. The van der Waals surface area contributed by atoms with E-state index in [0.29, 0.717) is 11.8 Å². The molecule has 2 aliphatic carbocycles. The fourth-order valence-electron chi connectivity index (χ4n) is 6.74. The summed E-state index contributed by atoms with van der Waals surface area (Å²) in [6, 6.07) is 0. The Morgan fingerprint density at radius 2 is 1.88 bits per heavy atom. The van der Waals surface area contributed by atoms with Gasteiger partial charge in [0, 0.05) is 0 Å². The largest absolute Gasteiger partial charge is 0.469 e. The van der Waals surface area contributed by atoms with E-state index in [-0.39, 0.29) is 23.6 Å². The zero-order valence-corrected chi connectivity index (χ0v) is 16.3. The lowest BCUT2D eigenvalue weighted by Crippen LogP contribution is -2.64. The van der Waals surface area contributed by atoms with Crippen molar-refractivity contribution in [2.75, 3.05) is 13.7 Å². The third-order valence-electron chi connectivity index (χ3n) is 8.02. The molecule has 4 heteroatoms. The van der Waals surface area contributed by atoms with Crippen LogP contribution in [0, 0.1) is 22.7 Å². The van der Waals surface area contributed by atoms with E-state index < -0.39 is 11.0 Å². The van der Waals surface area contributed by atoms with Gasteiger partial charge in [-0.2, -0.15) is 0 Å². The summed E-state index contributed by atoms with van der Waals surface area (Å²) in [5.41, 5.74) is -1.21. The minimum Gasteiger partial charge on any atom is -0.469 e. The molecule has 0 aromatic heterocycles. The van der Waals surface area contributed by atoms with Gasteiger partial charge in [-0.05, 0) is 69.6 Å². The normalized spacial score (nSPS) is 49.6. The molecule has 4 nitrogen and oxygen atoms in total. The summed E-state index contributed by atoms with van der Waals surface area (Å²) < 4.78 is 11.7. The van der Waals surface area contributed by atoms with Gasteiger partial charge in [0.2, 0.25) is 0 Å². The predicted molar refractivity (Wildman–Crippen MR) is 97.0 cm³/mol. The highest BCUT2D eigenvalue weighted by Gasteiger charge is 2.64. The molecule has 0 aromatic rings. The molecule has 1 aliphatic heterocycles. The first-order valence-corrected chi connectivity index (χ1v) is 9.73. The van der Waals surface area contributed by atoms with Gasteiger partial charge >= 0.3 is 5.97 Å². The maximum atomic E-state index is 12.6. The minimum atomic E-state index is -0.616. The molecule has 1 heterocycles. The number of hydrogen-bond acceptors (Lipinski definition) is 4. The van der Waals surface area contributed by atoms with Crippen molar-refractivity contribution in [1.82, 2.24) is 0 Å². The van der Waals surface area contributed by atoms with Gasteiger partial charge in [0.1, 0.15) is 5.60 Å². The monoisotopic (exact) mass is 350 g/mol. The lowest BCUT2D eigenvalue weighted by molar-refractivity contribution is -0.264. The first-order valence-electron chi connectivity index (χ1n) is 9.73. The van der Waals surface area contributed by atoms with E-state index in [4.69, 9.17) is 9.47 Å². The van der Waals surface area contributed by atoms with Gasteiger partial charge in [-0.3, -0.25) is 4.79 Å². The summed E-state index contributed by atoms with van der Waals surface area (Å²) in [6.45, 7) is 10.6. The lowest BCUT2D eigenvalue weighted by Gasteiger charge is -2.65. The Bertz CT molecular complexity index is 560. The molecule has 0 unspecified atom stereocenters. The fourth-order valence-corrected chi connectivity index (χ4v) is 6.74. The first-order chi connectivity index (χ1) is 11.7. The van der Waals surface area contributed by atoms with Crippen LogP contribution in [-0.2, 0) is 14.3 Å². The Labute approximate surface area is 152 Å². The second-order valence-electron chi connectivity index (χ2n) is 9.29. The van der Waals surface area contributed by atoms with Crippen LogP contribution in [0.1, 0.15) is 65.7 Å². The van der Waals surface area contributed by atoms with Crippen LogP contribution in [0.3, 0.4) is 0 Å². The van der Waals surface area contributed by atoms with Crippen LogP contribution in [0.4, 0.5) is 0 Å². The Morgan fingerprint density at radius 1 is 1.20 bits per heavy atom. The predicted octanol–water partition coefficient (Wildman–Crippen LogP) is 3.87. The molecular weight excluding hydrogens is 316 g/mol. The van der Waals surface area contributed by atoms with Gasteiger partial charge in [0.15, 0.2) is 0 Å². The maximum absolute atomic E-state index is 12.6. The number of fused-ring (bicyclic) bond motifs is 3. The zero-order valence-electron chi connectivity index (χ0n) is 16.3. The zero-order chi connectivity index (χ0) is 18.5. The highest BCUT2D eigenvalue weighted by Crippen LogP contribution is 2.65. The Hall–Kier alpha value is -0.870. The number of ether oxygens (including phenoxy) is 2. The summed E-state index contributed by atoms with van der Waals surface area (Å²) in [5.74, 6) is 0.662. The molecule has 2 saturated carbocycles. The average molecular weight is 350 g/mol. The van der Waals surface area contributed by atoms with Gasteiger partial charge in [-0.25, -0.2) is 0 Å². The smallest absolute Gasteiger partial charge is 0.311 e. The second-order valence-corrected chi connectivity index (χ2v) is 9.29. The average Bonchev–Trinajstić information content (AvgIpc) is 2.59. The second kappa shape index (κ2) is 6.09. The molecule has 1 N–H and O–H groups in total. The van der Waals surface area contributed by atoms with Crippen LogP contribution in [0.15, 0.2) is 12.7 Å². The molecule has 3 fully saturated rings. The molecule has 1 saturated heterocycles. The van der Waals surface area contributed by atoms with E-state index in [9.17, 15) is 9.90 Å². The van der Waals surface area contributed by atoms with Crippen LogP contribution in [0.5, 0.6) is 0 Å². The Balaban J connectivity index is 1.96. The van der Waals surface area contributed by atoms with Crippen LogP contribution in [0.2, 0.25) is 0 Å². The van der Waals surface area contributed by atoms with E-state index in [1.807, 2.05) is 0 Å². The number of rotatable bonds is 3. The van der Waals surface area contributed by atoms with E-state index in [1.165, 1.54) is 7.11 Å². The SMILES string of the molecule is C=C[C@@]1(CO)CC[C@H]2[C@]3(C)CCC[C@@](C)(C(=O)OC)[C@H]3CC[C@]2(C)O1. The van der Waals surface area contributed by atoms with Crippen LogP contribution >= 0.6 is 0 Å². The van der Waals surface area contributed by atoms with Crippen molar-refractivity contribution in [3.63, 3.8) is 0 Å². The molecule has 0 bridgehead atoms. The summed E-state index contributed by atoms with van der Waals surface area (Å²) in [4.78, 5) is 12.6. The highest BCUT2D eigenvalue weighted by molar-refractivity contribution is 5.77. The number of aliphatic hydroxyl groups excluding tert-OH is 1. The summed E-state index contributed by atoms with van der Waals surface area (Å²) in [7, 11) is 1.51. The molecule has 25 heavy (non-hydrogen) atoms. The van der Waals surface area contributed by atoms with E-state index in [1.54, 1.807) is 6.08 Å². The van der Waals surface area contributed by atoms with Crippen molar-refractivity contribution >= 4 is 5.97 Å². The van der Waals surface area contributed by atoms with Crippen molar-refractivity contribution in [3.05, 3.63) is 12.7 Å². The molecule has 0 spiro atoms. The van der Waals surface area contributed by atoms with Crippen molar-refractivity contribution < 1.29 is 19.4 Å². The Morgan fingerprint density at radius 3 is 2.48 bits per heavy atom. The lowest BCUT2D eigenvalue weighted by atomic mass is 9.44. The first kappa shape index (κ1) is 18.9. The number of carbonyl (C=O) groups excluding carboxylic acids is 1. The highest BCUT2D eigenvalue weighted by atomic mass is 16.5. The molecule has 0 aromatic carbocycles. The molecule has 0 amide bonds. The molecule has 6 atom stereocenters. The van der Waals surface area contributed by atoms with Crippen molar-refractivity contribution in [1.29, 1.82) is 0 Å². The maximum Gasteiger partial charge on any atom is 0.311 e. The molecule has 0 radical (unpaired) electrons. The number of aliphatic hydroxyl groups is 1. The van der Waals surface area contributed by atoms with Gasteiger partial charge < -0.3 is 14.6 Å². The molecule has 3 aliphatic rings.